The van der Waals surface area contributed by atoms with Crippen molar-refractivity contribution < 1.29 is 18.0 Å². The minimum Gasteiger partial charge on any atom is -0.338 e. The molecule has 2 rings (SSSR count). The Kier molecular flexibility index (Phi) is 9.51. The maximum absolute atomic E-state index is 12.1. The van der Waals surface area contributed by atoms with Gasteiger partial charge in [-0.3, -0.25) is 9.82 Å². The number of urea groups is 1. The summed E-state index contributed by atoms with van der Waals surface area (Å²) in [6.07, 6.45) is 9.49. The molecule has 152 valence electrons. The molecule has 1 aromatic rings. The number of carbonyl (C=O) groups excluding carboxylic acids is 1. The fourth-order valence-corrected chi connectivity index (χ4v) is 4.20. The average Bonchev–Trinajstić information content (AvgIpc) is 2.70. The summed E-state index contributed by atoms with van der Waals surface area (Å²) in [6, 6.07) is 3.55. The molecule has 27 heavy (non-hydrogen) atoms. The summed E-state index contributed by atoms with van der Waals surface area (Å²) in [5, 5.41) is 5.61. The molecule has 1 saturated heterocycles. The van der Waals surface area contributed by atoms with Gasteiger partial charge in [0.15, 0.2) is 0 Å². The summed E-state index contributed by atoms with van der Waals surface area (Å²) in [4.78, 5) is 20.9. The number of unbranched alkanes of at least 4 members (excludes halogenated alkanes) is 4. The zero-order chi connectivity index (χ0) is 19.4. The van der Waals surface area contributed by atoms with Crippen LogP contribution in [0.5, 0.6) is 0 Å². The van der Waals surface area contributed by atoms with Gasteiger partial charge in [-0.1, -0.05) is 29.8 Å². The number of hydrogen-bond donors (Lipinski definition) is 2. The smallest absolute Gasteiger partial charge is 0.315 e. The predicted molar refractivity (Wildman–Crippen MR) is 103 cm³/mol. The first-order chi connectivity index (χ1) is 13.1. The Balaban J connectivity index is 1.44. The second-order valence-corrected chi connectivity index (χ2v) is 8.60. The van der Waals surface area contributed by atoms with Gasteiger partial charge >= 0.3 is 6.03 Å². The van der Waals surface area contributed by atoms with Crippen LogP contribution in [0.4, 0.5) is 4.79 Å². The van der Waals surface area contributed by atoms with E-state index in [2.05, 4.69) is 15.6 Å². The van der Waals surface area contributed by atoms with E-state index in [1.165, 1.54) is 0 Å². The van der Waals surface area contributed by atoms with E-state index in [0.29, 0.717) is 32.7 Å². The molecule has 8 nitrogen and oxygen atoms in total. The normalized spacial score (nSPS) is 15.4. The third kappa shape index (κ3) is 8.68. The molecule has 1 aliphatic heterocycles. The van der Waals surface area contributed by atoms with Crippen LogP contribution in [0.3, 0.4) is 0 Å². The van der Waals surface area contributed by atoms with Crippen molar-refractivity contribution in [3.8, 4) is 0 Å². The number of hydroxylamine groups is 1. The Morgan fingerprint density at radius 3 is 2.70 bits per heavy atom. The third-order valence-corrected chi connectivity index (χ3v) is 6.03. The minimum absolute atomic E-state index is 0.141. The largest absolute Gasteiger partial charge is 0.338 e. The molecular weight excluding hydrogens is 368 g/mol. The van der Waals surface area contributed by atoms with Crippen LogP contribution < -0.4 is 10.6 Å². The molecule has 1 fully saturated rings. The highest BCUT2D eigenvalue weighted by Gasteiger charge is 2.24. The molecule has 1 aliphatic rings. The Labute approximate surface area is 161 Å². The highest BCUT2D eigenvalue weighted by Crippen LogP contribution is 2.13. The molecule has 2 N–H and O–H groups in total. The molecule has 2 amide bonds. The lowest BCUT2D eigenvalue weighted by molar-refractivity contribution is -0.108. The Morgan fingerprint density at radius 2 is 1.96 bits per heavy atom. The highest BCUT2D eigenvalue weighted by atomic mass is 32.2. The maximum atomic E-state index is 12.1. The number of pyridine rings is 1. The van der Waals surface area contributed by atoms with E-state index in [0.717, 1.165) is 48.6 Å². The third-order valence-electron chi connectivity index (χ3n) is 4.32. The molecule has 0 aromatic carbocycles. The van der Waals surface area contributed by atoms with Gasteiger partial charge in [-0.05, 0) is 37.3 Å². The van der Waals surface area contributed by atoms with Crippen molar-refractivity contribution in [2.75, 3.05) is 25.4 Å². The maximum Gasteiger partial charge on any atom is 0.315 e. The van der Waals surface area contributed by atoms with Crippen molar-refractivity contribution in [3.63, 3.8) is 0 Å². The monoisotopic (exact) mass is 398 g/mol. The van der Waals surface area contributed by atoms with Gasteiger partial charge in [-0.2, -0.15) is 0 Å². The number of rotatable bonds is 11. The number of carbonyl (C=O) groups is 1. The molecule has 0 spiro atoms. The van der Waals surface area contributed by atoms with Crippen molar-refractivity contribution in [3.05, 3.63) is 30.1 Å². The Hall–Kier alpha value is -1.71. The van der Waals surface area contributed by atoms with Gasteiger partial charge in [-0.15, -0.1) is 0 Å². The van der Waals surface area contributed by atoms with E-state index in [4.69, 9.17) is 4.84 Å². The van der Waals surface area contributed by atoms with Crippen LogP contribution >= 0.6 is 0 Å². The lowest BCUT2D eigenvalue weighted by Crippen LogP contribution is -2.37. The SMILES string of the molecule is O=C(NCCCCCCCS(=O)(=O)N1CCCCO1)NCc1cccnc1. The molecule has 0 saturated carbocycles. The fraction of sp³-hybridized carbons (Fsp3) is 0.667. The zero-order valence-corrected chi connectivity index (χ0v) is 16.5. The summed E-state index contributed by atoms with van der Waals surface area (Å²) >= 11 is 0. The van der Waals surface area contributed by atoms with E-state index in [1.807, 2.05) is 12.1 Å². The van der Waals surface area contributed by atoms with Crippen molar-refractivity contribution in [1.29, 1.82) is 0 Å². The molecule has 0 radical (unpaired) electrons. The topological polar surface area (TPSA) is 101 Å². The zero-order valence-electron chi connectivity index (χ0n) is 15.7. The van der Waals surface area contributed by atoms with Gasteiger partial charge in [-0.25, -0.2) is 13.2 Å². The molecule has 0 unspecified atom stereocenters. The van der Waals surface area contributed by atoms with Crippen LogP contribution in [0.1, 0.15) is 50.5 Å². The molecular formula is C18H30N4O4S. The lowest BCUT2D eigenvalue weighted by Gasteiger charge is -2.25. The fourth-order valence-electron chi connectivity index (χ4n) is 2.78. The van der Waals surface area contributed by atoms with Gasteiger partial charge in [0.1, 0.15) is 0 Å². The van der Waals surface area contributed by atoms with E-state index >= 15 is 0 Å². The molecule has 9 heteroatoms. The van der Waals surface area contributed by atoms with Gasteiger partial charge < -0.3 is 10.6 Å². The van der Waals surface area contributed by atoms with Gasteiger partial charge in [0.25, 0.3) is 0 Å². The van der Waals surface area contributed by atoms with Crippen molar-refractivity contribution in [2.24, 2.45) is 0 Å². The van der Waals surface area contributed by atoms with Crippen LogP contribution in [0.2, 0.25) is 0 Å². The van der Waals surface area contributed by atoms with Crippen LogP contribution in [-0.2, 0) is 21.4 Å². The van der Waals surface area contributed by atoms with E-state index < -0.39 is 10.0 Å². The average molecular weight is 399 g/mol. The van der Waals surface area contributed by atoms with Gasteiger partial charge in [0.05, 0.1) is 12.4 Å². The standard InChI is InChI=1S/C18H30N4O4S/c23-18(21-16-17-9-8-10-19-15-17)20-11-4-2-1-3-7-14-27(24,25)22-12-5-6-13-26-22/h8-10,15H,1-7,11-14,16H2,(H2,20,21,23). The first-order valence-electron chi connectivity index (χ1n) is 9.62. The number of amides is 2. The summed E-state index contributed by atoms with van der Waals surface area (Å²) in [6.45, 7) is 2.02. The predicted octanol–water partition coefficient (Wildman–Crippen LogP) is 2.19. The second kappa shape index (κ2) is 11.9. The second-order valence-electron chi connectivity index (χ2n) is 6.62. The van der Waals surface area contributed by atoms with Crippen molar-refractivity contribution in [2.45, 2.75) is 51.5 Å². The summed E-state index contributed by atoms with van der Waals surface area (Å²) < 4.78 is 25.4. The molecule has 1 aromatic heterocycles. The molecule has 0 aliphatic carbocycles. The summed E-state index contributed by atoms with van der Waals surface area (Å²) in [5.41, 5.74) is 0.956. The molecule has 2 heterocycles. The van der Waals surface area contributed by atoms with Gasteiger partial charge in [0.2, 0.25) is 10.0 Å². The first-order valence-corrected chi connectivity index (χ1v) is 11.2. The summed E-state index contributed by atoms with van der Waals surface area (Å²) in [7, 11) is -3.28. The van der Waals surface area contributed by atoms with Crippen LogP contribution in [0.15, 0.2) is 24.5 Å². The number of aromatic nitrogens is 1. The quantitative estimate of drug-likeness (QED) is 0.557. The molecule has 0 bridgehead atoms. The minimum atomic E-state index is -3.28. The Bertz CT molecular complexity index is 649. The lowest BCUT2D eigenvalue weighted by atomic mass is 10.1. The summed E-state index contributed by atoms with van der Waals surface area (Å²) in [5.74, 6) is 0.141. The van der Waals surface area contributed by atoms with E-state index in [1.54, 1.807) is 12.4 Å². The van der Waals surface area contributed by atoms with Gasteiger partial charge in [0, 0.05) is 32.0 Å². The van der Waals surface area contributed by atoms with E-state index in [-0.39, 0.29) is 11.8 Å². The first kappa shape index (κ1) is 21.6. The van der Waals surface area contributed by atoms with Crippen LogP contribution in [0.25, 0.3) is 0 Å². The number of nitrogens with one attached hydrogen (secondary N) is 2. The van der Waals surface area contributed by atoms with Crippen molar-refractivity contribution in [1.82, 2.24) is 20.1 Å². The van der Waals surface area contributed by atoms with Crippen molar-refractivity contribution >= 4 is 16.1 Å². The Morgan fingerprint density at radius 1 is 1.15 bits per heavy atom. The number of sulfonamides is 1. The highest BCUT2D eigenvalue weighted by molar-refractivity contribution is 7.88. The van der Waals surface area contributed by atoms with E-state index in [9.17, 15) is 13.2 Å². The van der Waals surface area contributed by atoms with Crippen LogP contribution in [0, 0.1) is 0 Å². The van der Waals surface area contributed by atoms with Crippen LogP contribution in [-0.4, -0.2) is 49.4 Å². The number of hydrogen-bond acceptors (Lipinski definition) is 5. The number of nitrogens with zero attached hydrogens (tertiary/aromatic N) is 2. The molecule has 0 atom stereocenters.